The Labute approximate surface area is 137 Å². The van der Waals surface area contributed by atoms with Crippen LogP contribution in [0.3, 0.4) is 0 Å². The molecular formula is C16H15BrClN3. The molecule has 3 aromatic rings. The number of benzene rings is 1. The molecule has 2 aromatic heterocycles. The molecule has 1 atom stereocenters. The highest BCUT2D eigenvalue weighted by molar-refractivity contribution is 9.10. The van der Waals surface area contributed by atoms with E-state index in [4.69, 9.17) is 11.6 Å². The summed E-state index contributed by atoms with van der Waals surface area (Å²) >= 11 is 9.43. The number of fused-ring (bicyclic) bond motifs is 1. The first-order valence-electron chi connectivity index (χ1n) is 6.74. The van der Waals surface area contributed by atoms with Crippen LogP contribution in [0.2, 0.25) is 5.02 Å². The van der Waals surface area contributed by atoms with E-state index in [0.29, 0.717) is 5.02 Å². The van der Waals surface area contributed by atoms with Crippen LogP contribution in [0.15, 0.2) is 53.3 Å². The Kier molecular flexibility index (Phi) is 4.29. The van der Waals surface area contributed by atoms with Crippen LogP contribution < -0.4 is 5.32 Å². The first-order valence-corrected chi connectivity index (χ1v) is 7.91. The number of halogens is 2. The molecule has 108 valence electrons. The maximum absolute atomic E-state index is 5.98. The predicted molar refractivity (Wildman–Crippen MR) is 89.6 cm³/mol. The summed E-state index contributed by atoms with van der Waals surface area (Å²) in [5, 5.41) is 4.20. The number of imidazole rings is 1. The van der Waals surface area contributed by atoms with E-state index in [2.05, 4.69) is 57.4 Å². The van der Waals surface area contributed by atoms with Gasteiger partial charge in [0.05, 0.1) is 10.7 Å². The molecule has 2 heterocycles. The van der Waals surface area contributed by atoms with E-state index >= 15 is 0 Å². The van der Waals surface area contributed by atoms with Crippen LogP contribution in [0.5, 0.6) is 0 Å². The summed E-state index contributed by atoms with van der Waals surface area (Å²) in [5.41, 5.74) is 3.17. The second kappa shape index (κ2) is 6.18. The van der Waals surface area contributed by atoms with Gasteiger partial charge in [0.1, 0.15) is 5.65 Å². The van der Waals surface area contributed by atoms with Gasteiger partial charge in [0.15, 0.2) is 0 Å². The highest BCUT2D eigenvalue weighted by Crippen LogP contribution is 2.17. The van der Waals surface area contributed by atoms with Gasteiger partial charge in [-0.15, -0.1) is 0 Å². The Bertz CT molecular complexity index is 752. The van der Waals surface area contributed by atoms with Crippen molar-refractivity contribution in [2.75, 3.05) is 0 Å². The number of hydrogen-bond donors (Lipinski definition) is 1. The van der Waals surface area contributed by atoms with Crippen LogP contribution in [0, 0.1) is 0 Å². The maximum atomic E-state index is 5.98. The Morgan fingerprint density at radius 2 is 1.95 bits per heavy atom. The van der Waals surface area contributed by atoms with E-state index < -0.39 is 0 Å². The van der Waals surface area contributed by atoms with Crippen LogP contribution in [-0.4, -0.2) is 9.38 Å². The van der Waals surface area contributed by atoms with E-state index in [1.165, 1.54) is 5.56 Å². The highest BCUT2D eigenvalue weighted by Gasteiger charge is 2.07. The SMILES string of the molecule is CC(NCc1cn2cc(Cl)ccc2n1)c1ccc(Br)cc1. The average Bonchev–Trinajstić information content (AvgIpc) is 2.87. The maximum Gasteiger partial charge on any atom is 0.137 e. The fraction of sp³-hybridized carbons (Fsp3) is 0.188. The minimum atomic E-state index is 0.270. The number of pyridine rings is 1. The lowest BCUT2D eigenvalue weighted by Gasteiger charge is -2.13. The number of rotatable bonds is 4. The molecule has 1 aromatic carbocycles. The molecular weight excluding hydrogens is 350 g/mol. The predicted octanol–water partition coefficient (Wildman–Crippen LogP) is 4.60. The average molecular weight is 365 g/mol. The van der Waals surface area contributed by atoms with Crippen molar-refractivity contribution in [2.45, 2.75) is 19.5 Å². The molecule has 1 unspecified atom stereocenters. The van der Waals surface area contributed by atoms with Gasteiger partial charge in [-0.2, -0.15) is 0 Å². The summed E-state index contributed by atoms with van der Waals surface area (Å²) < 4.78 is 3.04. The Hall–Kier alpha value is -1.36. The Morgan fingerprint density at radius 1 is 1.19 bits per heavy atom. The van der Waals surface area contributed by atoms with Gasteiger partial charge in [-0.05, 0) is 36.8 Å². The second-order valence-electron chi connectivity index (χ2n) is 5.00. The second-order valence-corrected chi connectivity index (χ2v) is 6.35. The zero-order chi connectivity index (χ0) is 14.8. The summed E-state index contributed by atoms with van der Waals surface area (Å²) in [6.45, 7) is 2.87. The van der Waals surface area contributed by atoms with E-state index in [0.717, 1.165) is 22.4 Å². The van der Waals surface area contributed by atoms with Gasteiger partial charge < -0.3 is 9.72 Å². The molecule has 0 radical (unpaired) electrons. The molecule has 0 bridgehead atoms. The van der Waals surface area contributed by atoms with Crippen molar-refractivity contribution in [3.8, 4) is 0 Å². The van der Waals surface area contributed by atoms with Crippen LogP contribution in [0.4, 0.5) is 0 Å². The standard InChI is InChI=1S/C16H15BrClN3/c1-11(12-2-4-13(17)5-3-12)19-8-15-10-21-9-14(18)6-7-16(21)20-15/h2-7,9-11,19H,8H2,1H3. The largest absolute Gasteiger partial charge is 0.305 e. The van der Waals surface area contributed by atoms with Gasteiger partial charge in [-0.1, -0.05) is 39.7 Å². The van der Waals surface area contributed by atoms with Crippen LogP contribution in [0.1, 0.15) is 24.2 Å². The lowest BCUT2D eigenvalue weighted by Crippen LogP contribution is -2.18. The molecule has 0 aliphatic carbocycles. The number of hydrogen-bond acceptors (Lipinski definition) is 2. The first-order chi connectivity index (χ1) is 10.1. The van der Waals surface area contributed by atoms with Crippen molar-refractivity contribution in [3.05, 3.63) is 69.5 Å². The Balaban J connectivity index is 1.69. The molecule has 3 rings (SSSR count). The third kappa shape index (κ3) is 3.46. The van der Waals surface area contributed by atoms with Gasteiger partial charge >= 0.3 is 0 Å². The molecule has 0 aliphatic rings. The van der Waals surface area contributed by atoms with E-state index in [9.17, 15) is 0 Å². The van der Waals surface area contributed by atoms with E-state index in [1.807, 2.05) is 28.9 Å². The highest BCUT2D eigenvalue weighted by atomic mass is 79.9. The van der Waals surface area contributed by atoms with Crippen molar-refractivity contribution in [1.29, 1.82) is 0 Å². The molecule has 0 amide bonds. The lowest BCUT2D eigenvalue weighted by atomic mass is 10.1. The fourth-order valence-corrected chi connectivity index (χ4v) is 2.66. The number of nitrogens with one attached hydrogen (secondary N) is 1. The van der Waals surface area contributed by atoms with Crippen molar-refractivity contribution in [2.24, 2.45) is 0 Å². The van der Waals surface area contributed by atoms with Crippen molar-refractivity contribution in [1.82, 2.24) is 14.7 Å². The van der Waals surface area contributed by atoms with Gasteiger partial charge in [0.2, 0.25) is 0 Å². The molecule has 0 fully saturated rings. The molecule has 0 saturated heterocycles. The third-order valence-corrected chi connectivity index (χ3v) is 4.18. The molecule has 5 heteroatoms. The molecule has 3 nitrogen and oxygen atoms in total. The molecule has 0 aliphatic heterocycles. The van der Waals surface area contributed by atoms with Crippen LogP contribution >= 0.6 is 27.5 Å². The quantitative estimate of drug-likeness (QED) is 0.733. The zero-order valence-corrected chi connectivity index (χ0v) is 13.9. The van der Waals surface area contributed by atoms with E-state index in [1.54, 1.807) is 0 Å². The molecule has 21 heavy (non-hydrogen) atoms. The topological polar surface area (TPSA) is 29.3 Å². The zero-order valence-electron chi connectivity index (χ0n) is 11.6. The van der Waals surface area contributed by atoms with Crippen molar-refractivity contribution in [3.63, 3.8) is 0 Å². The van der Waals surface area contributed by atoms with Gasteiger partial charge in [-0.3, -0.25) is 0 Å². The van der Waals surface area contributed by atoms with Crippen molar-refractivity contribution < 1.29 is 0 Å². The number of aromatic nitrogens is 2. The monoisotopic (exact) mass is 363 g/mol. The first kappa shape index (κ1) is 14.6. The normalized spacial score (nSPS) is 12.7. The van der Waals surface area contributed by atoms with Gasteiger partial charge in [-0.25, -0.2) is 4.98 Å². The molecule has 0 spiro atoms. The van der Waals surface area contributed by atoms with E-state index in [-0.39, 0.29) is 6.04 Å². The molecule has 1 N–H and O–H groups in total. The summed E-state index contributed by atoms with van der Waals surface area (Å²) in [4.78, 5) is 4.57. The number of nitrogens with zero attached hydrogens (tertiary/aromatic N) is 2. The molecule has 0 saturated carbocycles. The van der Waals surface area contributed by atoms with Crippen LogP contribution in [0.25, 0.3) is 5.65 Å². The Morgan fingerprint density at radius 3 is 2.71 bits per heavy atom. The summed E-state index contributed by atoms with van der Waals surface area (Å²) in [5.74, 6) is 0. The third-order valence-electron chi connectivity index (χ3n) is 3.42. The van der Waals surface area contributed by atoms with Gasteiger partial charge in [0.25, 0.3) is 0 Å². The fourth-order valence-electron chi connectivity index (χ4n) is 2.23. The minimum Gasteiger partial charge on any atom is -0.305 e. The van der Waals surface area contributed by atoms with Crippen LogP contribution in [-0.2, 0) is 6.54 Å². The lowest BCUT2D eigenvalue weighted by molar-refractivity contribution is 0.569. The van der Waals surface area contributed by atoms with Crippen molar-refractivity contribution >= 4 is 33.2 Å². The summed E-state index contributed by atoms with van der Waals surface area (Å²) in [7, 11) is 0. The minimum absolute atomic E-state index is 0.270. The smallest absolute Gasteiger partial charge is 0.137 e. The summed E-state index contributed by atoms with van der Waals surface area (Å²) in [6.07, 6.45) is 3.87. The summed E-state index contributed by atoms with van der Waals surface area (Å²) in [6, 6.07) is 12.4. The van der Waals surface area contributed by atoms with Gasteiger partial charge in [0, 0.05) is 29.5 Å².